The van der Waals surface area contributed by atoms with E-state index in [1.807, 2.05) is 0 Å². The largest absolute Gasteiger partial charge is 0.463 e. The molecule has 1 N–H and O–H groups in total. The van der Waals surface area contributed by atoms with E-state index >= 15 is 0 Å². The molecule has 0 aromatic heterocycles. The van der Waals surface area contributed by atoms with Crippen LogP contribution in [0.3, 0.4) is 0 Å². The van der Waals surface area contributed by atoms with Crippen LogP contribution in [0.15, 0.2) is 30.0 Å². The lowest BCUT2D eigenvalue weighted by Gasteiger charge is -2.10. The van der Waals surface area contributed by atoms with E-state index in [9.17, 15) is 9.59 Å². The maximum absolute atomic E-state index is 11.8. The zero-order chi connectivity index (χ0) is 15.8. The van der Waals surface area contributed by atoms with Crippen LogP contribution in [0.25, 0.3) is 0 Å². The fourth-order valence-corrected chi connectivity index (χ4v) is 1.68. The van der Waals surface area contributed by atoms with E-state index in [2.05, 4.69) is 5.32 Å². The molecular weight excluding hydrogens is 317 g/mol. The lowest BCUT2D eigenvalue weighted by molar-refractivity contribution is -0.140. The summed E-state index contributed by atoms with van der Waals surface area (Å²) in [6.45, 7) is 3.72. The first kappa shape index (κ1) is 17.3. The minimum absolute atomic E-state index is 0.0475. The van der Waals surface area contributed by atoms with E-state index in [0.29, 0.717) is 15.7 Å². The molecule has 1 rings (SSSR count). The first-order chi connectivity index (χ1) is 9.97. The number of hydrogen-bond acceptors (Lipinski definition) is 5. The zero-order valence-electron chi connectivity index (χ0n) is 11.6. The first-order valence-electron chi connectivity index (χ1n) is 6.25. The SMILES string of the molecule is CCOC(=O)/C=C(\Nc1ccc(Cl)c(Cl)c1)C(=O)OCC. The third kappa shape index (κ3) is 5.65. The van der Waals surface area contributed by atoms with Gasteiger partial charge in [0.05, 0.1) is 29.3 Å². The number of ether oxygens (including phenoxy) is 2. The highest BCUT2D eigenvalue weighted by Crippen LogP contribution is 2.25. The smallest absolute Gasteiger partial charge is 0.355 e. The maximum Gasteiger partial charge on any atom is 0.355 e. The Kier molecular flexibility index (Phi) is 7.05. The van der Waals surface area contributed by atoms with Crippen molar-refractivity contribution in [2.45, 2.75) is 13.8 Å². The summed E-state index contributed by atoms with van der Waals surface area (Å²) < 4.78 is 9.64. The molecule has 114 valence electrons. The molecule has 0 saturated heterocycles. The Bertz CT molecular complexity index is 558. The van der Waals surface area contributed by atoms with Crippen LogP contribution in [0.4, 0.5) is 5.69 Å². The number of hydrogen-bond donors (Lipinski definition) is 1. The number of halogens is 2. The summed E-state index contributed by atoms with van der Waals surface area (Å²) in [7, 11) is 0. The second-order valence-corrected chi connectivity index (χ2v) is 4.60. The van der Waals surface area contributed by atoms with Gasteiger partial charge in [-0.25, -0.2) is 9.59 Å². The Morgan fingerprint density at radius 3 is 2.38 bits per heavy atom. The molecule has 0 unspecified atom stereocenters. The molecule has 0 amide bonds. The van der Waals surface area contributed by atoms with E-state index < -0.39 is 11.9 Å². The fourth-order valence-electron chi connectivity index (χ4n) is 1.39. The highest BCUT2D eigenvalue weighted by molar-refractivity contribution is 6.42. The van der Waals surface area contributed by atoms with Gasteiger partial charge < -0.3 is 14.8 Å². The van der Waals surface area contributed by atoms with Gasteiger partial charge in [0.15, 0.2) is 0 Å². The maximum atomic E-state index is 11.8. The van der Waals surface area contributed by atoms with Crippen molar-refractivity contribution in [3.8, 4) is 0 Å². The second-order valence-electron chi connectivity index (χ2n) is 3.78. The van der Waals surface area contributed by atoms with Crippen LogP contribution in [0.1, 0.15) is 13.8 Å². The quantitative estimate of drug-likeness (QED) is 0.639. The molecule has 0 fully saturated rings. The summed E-state index contributed by atoms with van der Waals surface area (Å²) in [4.78, 5) is 23.3. The first-order valence-corrected chi connectivity index (χ1v) is 7.01. The Hall–Kier alpha value is -1.72. The minimum Gasteiger partial charge on any atom is -0.463 e. The lowest BCUT2D eigenvalue weighted by Crippen LogP contribution is -2.17. The van der Waals surface area contributed by atoms with Crippen LogP contribution in [0.2, 0.25) is 10.0 Å². The van der Waals surface area contributed by atoms with Crippen LogP contribution in [0.5, 0.6) is 0 Å². The molecule has 0 bridgehead atoms. The number of nitrogens with one attached hydrogen (secondary N) is 1. The van der Waals surface area contributed by atoms with Crippen molar-refractivity contribution in [2.75, 3.05) is 18.5 Å². The van der Waals surface area contributed by atoms with E-state index in [0.717, 1.165) is 6.08 Å². The molecular formula is C14H15Cl2NO4. The van der Waals surface area contributed by atoms with Gasteiger partial charge in [-0.05, 0) is 32.0 Å². The van der Waals surface area contributed by atoms with Crippen molar-refractivity contribution in [3.05, 3.63) is 40.0 Å². The Morgan fingerprint density at radius 2 is 1.81 bits per heavy atom. The normalized spacial score (nSPS) is 11.0. The summed E-state index contributed by atoms with van der Waals surface area (Å²) in [5.41, 5.74) is 0.446. The molecule has 0 aliphatic carbocycles. The van der Waals surface area contributed by atoms with E-state index in [4.69, 9.17) is 32.7 Å². The van der Waals surface area contributed by atoms with Gasteiger partial charge in [-0.2, -0.15) is 0 Å². The van der Waals surface area contributed by atoms with Crippen molar-refractivity contribution in [1.82, 2.24) is 0 Å². The van der Waals surface area contributed by atoms with Gasteiger partial charge in [-0.1, -0.05) is 23.2 Å². The predicted octanol–water partition coefficient (Wildman–Crippen LogP) is 3.42. The summed E-state index contributed by atoms with van der Waals surface area (Å²) in [5.74, 6) is -1.32. The topological polar surface area (TPSA) is 64.6 Å². The molecule has 0 spiro atoms. The van der Waals surface area contributed by atoms with Gasteiger partial charge >= 0.3 is 11.9 Å². The predicted molar refractivity (Wildman–Crippen MR) is 81.4 cm³/mol. The van der Waals surface area contributed by atoms with Gasteiger partial charge in [-0.15, -0.1) is 0 Å². The molecule has 1 aromatic rings. The molecule has 0 aliphatic rings. The number of esters is 2. The van der Waals surface area contributed by atoms with Crippen LogP contribution in [-0.4, -0.2) is 25.2 Å². The average Bonchev–Trinajstić information content (AvgIpc) is 2.42. The van der Waals surface area contributed by atoms with E-state index in [-0.39, 0.29) is 18.9 Å². The molecule has 0 aliphatic heterocycles. The zero-order valence-corrected chi connectivity index (χ0v) is 13.1. The standard InChI is InChI=1S/C14H15Cl2NO4/c1-3-20-13(18)8-12(14(19)21-4-2)17-9-5-6-10(15)11(16)7-9/h5-8,17H,3-4H2,1-2H3/b12-8-. The fraction of sp³-hybridized carbons (Fsp3) is 0.286. The van der Waals surface area contributed by atoms with Crippen molar-refractivity contribution < 1.29 is 19.1 Å². The molecule has 7 heteroatoms. The molecule has 5 nitrogen and oxygen atoms in total. The van der Waals surface area contributed by atoms with Crippen LogP contribution < -0.4 is 5.32 Å². The minimum atomic E-state index is -0.670. The lowest BCUT2D eigenvalue weighted by atomic mass is 10.3. The van der Waals surface area contributed by atoms with Gasteiger partial charge in [0.1, 0.15) is 5.70 Å². The Balaban J connectivity index is 2.98. The highest BCUT2D eigenvalue weighted by Gasteiger charge is 2.14. The third-order valence-electron chi connectivity index (χ3n) is 2.24. The third-order valence-corrected chi connectivity index (χ3v) is 2.98. The van der Waals surface area contributed by atoms with Crippen molar-refractivity contribution in [2.24, 2.45) is 0 Å². The van der Waals surface area contributed by atoms with Crippen LogP contribution in [0, 0.1) is 0 Å². The number of benzene rings is 1. The number of rotatable bonds is 6. The number of carbonyl (C=O) groups excluding carboxylic acids is 2. The monoisotopic (exact) mass is 331 g/mol. The van der Waals surface area contributed by atoms with E-state index in [1.54, 1.807) is 26.0 Å². The summed E-state index contributed by atoms with van der Waals surface area (Å²) >= 11 is 11.7. The Labute approximate surface area is 132 Å². The van der Waals surface area contributed by atoms with E-state index in [1.165, 1.54) is 6.07 Å². The number of carbonyl (C=O) groups is 2. The van der Waals surface area contributed by atoms with Gasteiger partial charge in [-0.3, -0.25) is 0 Å². The van der Waals surface area contributed by atoms with Gasteiger partial charge in [0.25, 0.3) is 0 Å². The molecule has 0 heterocycles. The van der Waals surface area contributed by atoms with Crippen molar-refractivity contribution in [3.63, 3.8) is 0 Å². The molecule has 1 aromatic carbocycles. The summed E-state index contributed by atoms with van der Waals surface area (Å²) in [6, 6.07) is 4.72. The summed E-state index contributed by atoms with van der Waals surface area (Å²) in [5, 5.41) is 3.47. The molecule has 21 heavy (non-hydrogen) atoms. The van der Waals surface area contributed by atoms with Crippen molar-refractivity contribution in [1.29, 1.82) is 0 Å². The molecule has 0 radical (unpaired) electrons. The summed E-state index contributed by atoms with van der Waals surface area (Å²) in [6.07, 6.45) is 1.03. The highest BCUT2D eigenvalue weighted by atomic mass is 35.5. The molecule has 0 saturated carbocycles. The number of anilines is 1. The molecule has 0 atom stereocenters. The van der Waals surface area contributed by atoms with Crippen LogP contribution >= 0.6 is 23.2 Å². The van der Waals surface area contributed by atoms with Crippen molar-refractivity contribution >= 4 is 40.8 Å². The van der Waals surface area contributed by atoms with Gasteiger partial charge in [0, 0.05) is 5.69 Å². The second kappa shape index (κ2) is 8.54. The average molecular weight is 332 g/mol. The van der Waals surface area contributed by atoms with Crippen LogP contribution in [-0.2, 0) is 19.1 Å². The van der Waals surface area contributed by atoms with Gasteiger partial charge in [0.2, 0.25) is 0 Å². The Morgan fingerprint density at radius 1 is 1.14 bits per heavy atom.